The first kappa shape index (κ1) is 14.9. The van der Waals surface area contributed by atoms with Crippen molar-refractivity contribution in [3.8, 4) is 17.2 Å². The molecule has 2 rings (SSSR count). The standard InChI is InChI=1S/C17H18O4/c1-3-13-11-15(21-14-7-5-4-6-8-14)9-10-16(13)20-12(2)17(18)19/h4-12H,3H2,1-2H3,(H,18,19). The zero-order valence-corrected chi connectivity index (χ0v) is 12.1. The molecule has 2 aromatic carbocycles. The van der Waals surface area contributed by atoms with Crippen LogP contribution in [0.5, 0.6) is 17.2 Å². The molecular weight excluding hydrogens is 268 g/mol. The largest absolute Gasteiger partial charge is 0.479 e. The van der Waals surface area contributed by atoms with E-state index in [2.05, 4.69) is 0 Å². The summed E-state index contributed by atoms with van der Waals surface area (Å²) >= 11 is 0. The topological polar surface area (TPSA) is 55.8 Å². The summed E-state index contributed by atoms with van der Waals surface area (Å²) in [6.45, 7) is 3.50. The van der Waals surface area contributed by atoms with Crippen LogP contribution in [-0.4, -0.2) is 17.2 Å². The molecule has 0 bridgehead atoms. The van der Waals surface area contributed by atoms with Crippen molar-refractivity contribution in [2.75, 3.05) is 0 Å². The Morgan fingerprint density at radius 1 is 1.14 bits per heavy atom. The lowest BCUT2D eigenvalue weighted by Gasteiger charge is -2.15. The van der Waals surface area contributed by atoms with Crippen molar-refractivity contribution in [1.29, 1.82) is 0 Å². The summed E-state index contributed by atoms with van der Waals surface area (Å²) in [4.78, 5) is 10.9. The summed E-state index contributed by atoms with van der Waals surface area (Å²) in [5.74, 6) is 1.05. The molecule has 0 aliphatic carbocycles. The second-order valence-electron chi connectivity index (χ2n) is 4.64. The highest BCUT2D eigenvalue weighted by atomic mass is 16.5. The van der Waals surface area contributed by atoms with E-state index in [9.17, 15) is 4.79 Å². The third kappa shape index (κ3) is 3.99. The smallest absolute Gasteiger partial charge is 0.344 e. The molecule has 0 aliphatic rings. The van der Waals surface area contributed by atoms with Crippen molar-refractivity contribution in [3.63, 3.8) is 0 Å². The van der Waals surface area contributed by atoms with E-state index in [1.165, 1.54) is 6.92 Å². The molecule has 0 aromatic heterocycles. The predicted molar refractivity (Wildman–Crippen MR) is 80.1 cm³/mol. The van der Waals surface area contributed by atoms with Gasteiger partial charge in [0, 0.05) is 0 Å². The first-order chi connectivity index (χ1) is 10.1. The zero-order chi connectivity index (χ0) is 15.2. The van der Waals surface area contributed by atoms with E-state index in [1.807, 2.05) is 43.3 Å². The van der Waals surface area contributed by atoms with E-state index in [4.69, 9.17) is 14.6 Å². The number of aryl methyl sites for hydroxylation is 1. The summed E-state index contributed by atoms with van der Waals surface area (Å²) in [6, 6.07) is 14.9. The molecule has 0 saturated carbocycles. The van der Waals surface area contributed by atoms with Crippen LogP contribution in [0, 0.1) is 0 Å². The zero-order valence-electron chi connectivity index (χ0n) is 12.1. The van der Waals surface area contributed by atoms with Crippen LogP contribution in [-0.2, 0) is 11.2 Å². The molecule has 4 nitrogen and oxygen atoms in total. The second kappa shape index (κ2) is 6.79. The Morgan fingerprint density at radius 2 is 1.86 bits per heavy atom. The summed E-state index contributed by atoms with van der Waals surface area (Å²) < 4.78 is 11.2. The Hall–Kier alpha value is -2.49. The Morgan fingerprint density at radius 3 is 2.48 bits per heavy atom. The van der Waals surface area contributed by atoms with Gasteiger partial charge in [0.2, 0.25) is 0 Å². The van der Waals surface area contributed by atoms with Crippen LogP contribution in [0.4, 0.5) is 0 Å². The number of carboxylic acid groups (broad SMARTS) is 1. The van der Waals surface area contributed by atoms with Gasteiger partial charge in [-0.2, -0.15) is 0 Å². The summed E-state index contributed by atoms with van der Waals surface area (Å²) in [5.41, 5.74) is 0.913. The highest BCUT2D eigenvalue weighted by Gasteiger charge is 2.14. The number of carbonyl (C=O) groups is 1. The van der Waals surface area contributed by atoms with Crippen LogP contribution in [0.1, 0.15) is 19.4 Å². The lowest BCUT2D eigenvalue weighted by Crippen LogP contribution is -2.23. The Kier molecular flexibility index (Phi) is 4.82. The van der Waals surface area contributed by atoms with E-state index >= 15 is 0 Å². The van der Waals surface area contributed by atoms with E-state index in [1.54, 1.807) is 12.1 Å². The van der Waals surface area contributed by atoms with Gasteiger partial charge in [0.25, 0.3) is 0 Å². The average Bonchev–Trinajstić information content (AvgIpc) is 2.49. The highest BCUT2D eigenvalue weighted by Crippen LogP contribution is 2.28. The predicted octanol–water partition coefficient (Wildman–Crippen LogP) is 3.89. The molecule has 1 unspecified atom stereocenters. The maximum absolute atomic E-state index is 10.9. The van der Waals surface area contributed by atoms with E-state index in [-0.39, 0.29) is 0 Å². The van der Waals surface area contributed by atoms with Crippen LogP contribution in [0.2, 0.25) is 0 Å². The van der Waals surface area contributed by atoms with Gasteiger partial charge >= 0.3 is 5.97 Å². The van der Waals surface area contributed by atoms with Gasteiger partial charge in [0.05, 0.1) is 0 Å². The Bertz CT molecular complexity index is 607. The van der Waals surface area contributed by atoms with Gasteiger partial charge < -0.3 is 14.6 Å². The van der Waals surface area contributed by atoms with Gasteiger partial charge in [-0.3, -0.25) is 0 Å². The van der Waals surface area contributed by atoms with E-state index in [0.717, 1.165) is 17.7 Å². The molecule has 1 atom stereocenters. The molecule has 0 spiro atoms. The van der Waals surface area contributed by atoms with Gasteiger partial charge in [-0.15, -0.1) is 0 Å². The molecule has 0 fully saturated rings. The molecule has 0 amide bonds. The molecule has 2 aromatic rings. The fraction of sp³-hybridized carbons (Fsp3) is 0.235. The summed E-state index contributed by atoms with van der Waals surface area (Å²) in [5, 5.41) is 8.91. The Labute approximate surface area is 123 Å². The molecule has 0 aliphatic heterocycles. The van der Waals surface area contributed by atoms with Crippen molar-refractivity contribution in [2.45, 2.75) is 26.4 Å². The molecule has 0 saturated heterocycles. The first-order valence-electron chi connectivity index (χ1n) is 6.85. The van der Waals surface area contributed by atoms with Gasteiger partial charge in [-0.05, 0) is 49.2 Å². The summed E-state index contributed by atoms with van der Waals surface area (Å²) in [6.07, 6.45) is -0.149. The van der Waals surface area contributed by atoms with Crippen LogP contribution in [0.25, 0.3) is 0 Å². The van der Waals surface area contributed by atoms with Gasteiger partial charge in [0.15, 0.2) is 6.10 Å². The van der Waals surface area contributed by atoms with Crippen LogP contribution >= 0.6 is 0 Å². The number of hydrogen-bond donors (Lipinski definition) is 1. The van der Waals surface area contributed by atoms with Crippen LogP contribution in [0.15, 0.2) is 48.5 Å². The molecule has 21 heavy (non-hydrogen) atoms. The van der Waals surface area contributed by atoms with E-state index in [0.29, 0.717) is 11.5 Å². The minimum Gasteiger partial charge on any atom is -0.479 e. The monoisotopic (exact) mass is 286 g/mol. The molecule has 4 heteroatoms. The number of rotatable bonds is 6. The first-order valence-corrected chi connectivity index (χ1v) is 6.85. The van der Waals surface area contributed by atoms with Gasteiger partial charge in [0.1, 0.15) is 17.2 Å². The molecular formula is C17H18O4. The number of ether oxygens (including phenoxy) is 2. The second-order valence-corrected chi connectivity index (χ2v) is 4.64. The third-order valence-corrected chi connectivity index (χ3v) is 3.04. The van der Waals surface area contributed by atoms with Crippen LogP contribution in [0.3, 0.4) is 0 Å². The lowest BCUT2D eigenvalue weighted by molar-refractivity contribution is -0.144. The van der Waals surface area contributed by atoms with Crippen molar-refractivity contribution in [2.24, 2.45) is 0 Å². The van der Waals surface area contributed by atoms with Gasteiger partial charge in [-0.1, -0.05) is 25.1 Å². The number of benzene rings is 2. The maximum Gasteiger partial charge on any atom is 0.344 e. The number of carboxylic acids is 1. The lowest BCUT2D eigenvalue weighted by atomic mass is 10.1. The fourth-order valence-corrected chi connectivity index (χ4v) is 1.88. The van der Waals surface area contributed by atoms with Crippen LogP contribution < -0.4 is 9.47 Å². The molecule has 110 valence electrons. The molecule has 1 N–H and O–H groups in total. The highest BCUT2D eigenvalue weighted by molar-refractivity contribution is 5.72. The minimum atomic E-state index is -0.985. The maximum atomic E-state index is 10.9. The van der Waals surface area contributed by atoms with E-state index < -0.39 is 12.1 Å². The fourth-order valence-electron chi connectivity index (χ4n) is 1.88. The van der Waals surface area contributed by atoms with Crippen molar-refractivity contribution < 1.29 is 19.4 Å². The number of para-hydroxylation sites is 1. The average molecular weight is 286 g/mol. The van der Waals surface area contributed by atoms with Gasteiger partial charge in [-0.25, -0.2) is 4.79 Å². The third-order valence-electron chi connectivity index (χ3n) is 3.04. The number of hydrogen-bond acceptors (Lipinski definition) is 3. The molecule has 0 radical (unpaired) electrons. The normalized spacial score (nSPS) is 11.7. The Balaban J connectivity index is 2.18. The molecule has 0 heterocycles. The van der Waals surface area contributed by atoms with Crippen molar-refractivity contribution in [3.05, 3.63) is 54.1 Å². The van der Waals surface area contributed by atoms with Crippen molar-refractivity contribution in [1.82, 2.24) is 0 Å². The SMILES string of the molecule is CCc1cc(Oc2ccccc2)ccc1OC(C)C(=O)O. The summed E-state index contributed by atoms with van der Waals surface area (Å²) in [7, 11) is 0. The minimum absolute atomic E-state index is 0.577. The quantitative estimate of drug-likeness (QED) is 0.875. The van der Waals surface area contributed by atoms with Crippen molar-refractivity contribution >= 4 is 5.97 Å². The number of aliphatic carboxylic acids is 1.